The third kappa shape index (κ3) is 5.21. The maximum absolute atomic E-state index is 11.4. The fourth-order valence-corrected chi connectivity index (χ4v) is 1.70. The topological polar surface area (TPSA) is 41.1 Å². The van der Waals surface area contributed by atoms with Crippen LogP contribution in [0.4, 0.5) is 5.69 Å². The number of hydrogen-bond donors (Lipinski definition) is 2. The Bertz CT molecular complexity index is 369. The van der Waals surface area contributed by atoms with Crippen LogP contribution in [-0.4, -0.2) is 18.5 Å². The maximum atomic E-state index is 11.4. The van der Waals surface area contributed by atoms with Crippen LogP contribution < -0.4 is 10.6 Å². The van der Waals surface area contributed by atoms with Gasteiger partial charge in [-0.05, 0) is 37.5 Å². The first-order chi connectivity index (χ1) is 8.49. The van der Waals surface area contributed by atoms with Gasteiger partial charge in [0.15, 0.2) is 0 Å². The first-order valence-electron chi connectivity index (χ1n) is 6.62. The van der Waals surface area contributed by atoms with Crippen molar-refractivity contribution in [3.8, 4) is 0 Å². The van der Waals surface area contributed by atoms with Gasteiger partial charge in [0.2, 0.25) is 5.91 Å². The summed E-state index contributed by atoms with van der Waals surface area (Å²) in [5.41, 5.74) is 2.40. The van der Waals surface area contributed by atoms with Gasteiger partial charge < -0.3 is 10.6 Å². The number of benzene rings is 1. The van der Waals surface area contributed by atoms with Crippen molar-refractivity contribution in [1.29, 1.82) is 0 Å². The van der Waals surface area contributed by atoms with Gasteiger partial charge in [0.1, 0.15) is 0 Å². The Morgan fingerprint density at radius 3 is 2.22 bits per heavy atom. The van der Waals surface area contributed by atoms with E-state index in [2.05, 4.69) is 48.7 Å². The predicted octanol–water partition coefficient (Wildman–Crippen LogP) is 3.14. The molecular formula is C15H24N2O. The zero-order valence-electron chi connectivity index (χ0n) is 11.8. The van der Waals surface area contributed by atoms with Gasteiger partial charge in [-0.25, -0.2) is 0 Å². The third-order valence-corrected chi connectivity index (χ3v) is 2.71. The molecule has 0 fully saturated rings. The van der Waals surface area contributed by atoms with E-state index < -0.39 is 0 Å². The summed E-state index contributed by atoms with van der Waals surface area (Å²) in [6, 6.07) is 8.59. The molecule has 0 atom stereocenters. The van der Waals surface area contributed by atoms with Gasteiger partial charge in [-0.2, -0.15) is 0 Å². The molecule has 0 saturated heterocycles. The fraction of sp³-hybridized carbons (Fsp3) is 0.533. The molecule has 0 aliphatic heterocycles. The summed E-state index contributed by atoms with van der Waals surface area (Å²) in [7, 11) is 0. The minimum Gasteiger partial charge on any atom is -0.385 e. The third-order valence-electron chi connectivity index (χ3n) is 2.71. The number of amides is 1. The molecule has 1 aromatic carbocycles. The second-order valence-corrected chi connectivity index (χ2v) is 5.18. The summed E-state index contributed by atoms with van der Waals surface area (Å²) in [6.45, 7) is 8.96. The van der Waals surface area contributed by atoms with E-state index in [1.165, 1.54) is 5.56 Å². The molecule has 1 amide bonds. The molecule has 0 heterocycles. The number of carbonyl (C=O) groups is 1. The second kappa shape index (κ2) is 7.04. The highest BCUT2D eigenvalue weighted by atomic mass is 16.1. The Hall–Kier alpha value is -1.51. The first kappa shape index (κ1) is 14.6. The fourth-order valence-electron chi connectivity index (χ4n) is 1.70. The van der Waals surface area contributed by atoms with E-state index in [-0.39, 0.29) is 11.9 Å². The van der Waals surface area contributed by atoms with Crippen molar-refractivity contribution in [3.63, 3.8) is 0 Å². The SMILES string of the molecule is CC(C)NC(=O)CCNc1ccc(C(C)C)cc1. The Kier molecular flexibility index (Phi) is 5.69. The number of nitrogens with one attached hydrogen (secondary N) is 2. The van der Waals surface area contributed by atoms with E-state index in [1.807, 2.05) is 13.8 Å². The van der Waals surface area contributed by atoms with Gasteiger partial charge in [0.25, 0.3) is 0 Å². The first-order valence-corrected chi connectivity index (χ1v) is 6.62. The van der Waals surface area contributed by atoms with Crippen LogP contribution in [0.1, 0.15) is 45.6 Å². The average molecular weight is 248 g/mol. The molecule has 1 aromatic rings. The molecule has 0 aliphatic rings. The molecule has 0 aliphatic carbocycles. The number of rotatable bonds is 6. The molecule has 0 spiro atoms. The average Bonchev–Trinajstić information content (AvgIpc) is 2.28. The molecular weight excluding hydrogens is 224 g/mol. The van der Waals surface area contributed by atoms with Crippen molar-refractivity contribution in [1.82, 2.24) is 5.32 Å². The van der Waals surface area contributed by atoms with Crippen molar-refractivity contribution in [2.24, 2.45) is 0 Å². The van der Waals surface area contributed by atoms with Crippen LogP contribution in [0.25, 0.3) is 0 Å². The summed E-state index contributed by atoms with van der Waals surface area (Å²) in [4.78, 5) is 11.4. The van der Waals surface area contributed by atoms with Gasteiger partial charge in [0, 0.05) is 24.7 Å². The molecule has 0 radical (unpaired) electrons. The Labute approximate surface area is 110 Å². The van der Waals surface area contributed by atoms with Gasteiger partial charge in [-0.3, -0.25) is 4.79 Å². The Balaban J connectivity index is 2.33. The van der Waals surface area contributed by atoms with Crippen molar-refractivity contribution in [3.05, 3.63) is 29.8 Å². The lowest BCUT2D eigenvalue weighted by Gasteiger charge is -2.10. The van der Waals surface area contributed by atoms with Crippen LogP contribution in [0.5, 0.6) is 0 Å². The smallest absolute Gasteiger partial charge is 0.221 e. The maximum Gasteiger partial charge on any atom is 0.221 e. The van der Waals surface area contributed by atoms with Crippen LogP contribution in [0.2, 0.25) is 0 Å². The quantitative estimate of drug-likeness (QED) is 0.812. The Morgan fingerprint density at radius 1 is 1.11 bits per heavy atom. The zero-order chi connectivity index (χ0) is 13.5. The number of carbonyl (C=O) groups excluding carboxylic acids is 1. The van der Waals surface area contributed by atoms with Gasteiger partial charge in [-0.1, -0.05) is 26.0 Å². The normalized spacial score (nSPS) is 10.8. The molecule has 0 unspecified atom stereocenters. The molecule has 0 bridgehead atoms. The summed E-state index contributed by atoms with van der Waals surface area (Å²) < 4.78 is 0. The molecule has 3 heteroatoms. The molecule has 3 nitrogen and oxygen atoms in total. The van der Waals surface area contributed by atoms with Crippen LogP contribution in [0, 0.1) is 0 Å². The van der Waals surface area contributed by atoms with Crippen LogP contribution >= 0.6 is 0 Å². The summed E-state index contributed by atoms with van der Waals surface area (Å²) in [6.07, 6.45) is 0.504. The van der Waals surface area contributed by atoms with Gasteiger partial charge in [0.05, 0.1) is 0 Å². The Morgan fingerprint density at radius 2 is 1.72 bits per heavy atom. The van der Waals surface area contributed by atoms with E-state index in [0.717, 1.165) is 5.69 Å². The largest absolute Gasteiger partial charge is 0.385 e. The van der Waals surface area contributed by atoms with Crippen LogP contribution in [0.3, 0.4) is 0 Å². The highest BCUT2D eigenvalue weighted by Crippen LogP contribution is 2.16. The summed E-state index contributed by atoms with van der Waals surface area (Å²) >= 11 is 0. The van der Waals surface area contributed by atoms with E-state index in [9.17, 15) is 4.79 Å². The van der Waals surface area contributed by atoms with Crippen molar-refractivity contribution in [2.45, 2.75) is 46.1 Å². The molecule has 1 rings (SSSR count). The van der Waals surface area contributed by atoms with E-state index >= 15 is 0 Å². The minimum absolute atomic E-state index is 0.0938. The highest BCUT2D eigenvalue weighted by molar-refractivity contribution is 5.76. The second-order valence-electron chi connectivity index (χ2n) is 5.18. The van der Waals surface area contributed by atoms with Crippen LogP contribution in [-0.2, 0) is 4.79 Å². The summed E-state index contributed by atoms with van der Waals surface area (Å²) in [5.74, 6) is 0.646. The van der Waals surface area contributed by atoms with E-state index in [4.69, 9.17) is 0 Å². The van der Waals surface area contributed by atoms with Crippen molar-refractivity contribution >= 4 is 11.6 Å². The van der Waals surface area contributed by atoms with Gasteiger partial charge in [-0.15, -0.1) is 0 Å². The van der Waals surface area contributed by atoms with Crippen LogP contribution in [0.15, 0.2) is 24.3 Å². The molecule has 100 valence electrons. The molecule has 0 aromatic heterocycles. The minimum atomic E-state index is 0.0938. The highest BCUT2D eigenvalue weighted by Gasteiger charge is 2.03. The molecule has 0 saturated carbocycles. The lowest BCUT2D eigenvalue weighted by molar-refractivity contribution is -0.121. The zero-order valence-corrected chi connectivity index (χ0v) is 11.8. The molecule has 2 N–H and O–H groups in total. The van der Waals surface area contributed by atoms with E-state index in [0.29, 0.717) is 18.9 Å². The van der Waals surface area contributed by atoms with Crippen molar-refractivity contribution in [2.75, 3.05) is 11.9 Å². The number of anilines is 1. The molecule has 18 heavy (non-hydrogen) atoms. The lowest BCUT2D eigenvalue weighted by Crippen LogP contribution is -2.31. The standard InChI is InChI=1S/C15H24N2O/c1-11(2)13-5-7-14(8-6-13)16-10-9-15(18)17-12(3)4/h5-8,11-12,16H,9-10H2,1-4H3,(H,17,18). The lowest BCUT2D eigenvalue weighted by atomic mass is 10.0. The predicted molar refractivity (Wildman–Crippen MR) is 76.9 cm³/mol. The monoisotopic (exact) mass is 248 g/mol. The van der Waals surface area contributed by atoms with E-state index in [1.54, 1.807) is 0 Å². The number of hydrogen-bond acceptors (Lipinski definition) is 2. The van der Waals surface area contributed by atoms with Gasteiger partial charge >= 0.3 is 0 Å². The summed E-state index contributed by atoms with van der Waals surface area (Å²) in [5, 5.41) is 6.13. The van der Waals surface area contributed by atoms with Crippen molar-refractivity contribution < 1.29 is 4.79 Å².